The number of hydrogen-bond acceptors (Lipinski definition) is 4. The van der Waals surface area contributed by atoms with Gasteiger partial charge in [0, 0.05) is 13.0 Å². The minimum atomic E-state index is 0.438. The van der Waals surface area contributed by atoms with Gasteiger partial charge < -0.3 is 19.4 Å². The van der Waals surface area contributed by atoms with Crippen molar-refractivity contribution >= 4 is 12.4 Å². The third kappa shape index (κ3) is 5.60. The monoisotopic (exact) mass is 354 g/mol. The van der Waals surface area contributed by atoms with E-state index in [0.717, 1.165) is 25.0 Å². The largest absolute Gasteiger partial charge is 0.497 e. The van der Waals surface area contributed by atoms with E-state index >= 15 is 0 Å². The van der Waals surface area contributed by atoms with Crippen LogP contribution in [0.4, 0.5) is 0 Å². The van der Waals surface area contributed by atoms with E-state index in [9.17, 15) is 0 Å². The van der Waals surface area contributed by atoms with Gasteiger partial charge in [0.25, 0.3) is 0 Å². The van der Waals surface area contributed by atoms with Crippen molar-refractivity contribution in [2.45, 2.75) is 12.3 Å². The van der Waals surface area contributed by atoms with Crippen LogP contribution in [-0.2, 0) is 4.79 Å². The lowest BCUT2D eigenvalue weighted by Crippen LogP contribution is -1.98. The summed E-state index contributed by atoms with van der Waals surface area (Å²) in [4.78, 5) is 8.00. The number of carbonyl (C=O) groups excluding carboxylic acids is 1. The predicted octanol–water partition coefficient (Wildman–Crippen LogP) is 4.25. The molecule has 1 atom stereocenters. The van der Waals surface area contributed by atoms with Crippen molar-refractivity contribution in [1.82, 2.24) is 0 Å². The van der Waals surface area contributed by atoms with Gasteiger partial charge in [0.15, 0.2) is 0 Å². The summed E-state index contributed by atoms with van der Waals surface area (Å²) in [6.07, 6.45) is 7.81. The molecule has 0 aliphatic heterocycles. The second-order valence-corrected chi connectivity index (χ2v) is 5.36. The zero-order valence-corrected chi connectivity index (χ0v) is 15.5. The molecule has 2 aromatic carbocycles. The molecule has 0 heterocycles. The van der Waals surface area contributed by atoms with Crippen LogP contribution in [0.2, 0.25) is 0 Å². The summed E-state index contributed by atoms with van der Waals surface area (Å²) in [5.41, 5.74) is 3.82. The van der Waals surface area contributed by atoms with Crippen molar-refractivity contribution in [3.63, 3.8) is 0 Å². The number of allylic oxidation sites excluding steroid dienone is 4. The zero-order valence-electron chi connectivity index (χ0n) is 15.5. The van der Waals surface area contributed by atoms with E-state index in [0.29, 0.717) is 5.92 Å². The number of aliphatic hydroxyl groups excluding tert-OH is 1. The molecule has 26 heavy (non-hydrogen) atoms. The highest BCUT2D eigenvalue weighted by molar-refractivity contribution is 5.75. The van der Waals surface area contributed by atoms with Crippen LogP contribution in [0.3, 0.4) is 0 Å². The lowest BCUT2D eigenvalue weighted by Gasteiger charge is -2.17. The lowest BCUT2D eigenvalue weighted by atomic mass is 9.88. The molecular weight excluding hydrogens is 328 g/mol. The molecule has 2 aromatic rings. The summed E-state index contributed by atoms with van der Waals surface area (Å²) in [7, 11) is 4.38. The molecule has 0 fully saturated rings. The molecule has 0 saturated carbocycles. The first-order valence-electron chi connectivity index (χ1n) is 8.20. The van der Waals surface area contributed by atoms with Crippen LogP contribution < -0.4 is 9.47 Å². The number of carbonyl (C=O) groups is 1. The summed E-state index contributed by atoms with van der Waals surface area (Å²) in [6, 6.07) is 16.5. The first-order chi connectivity index (χ1) is 12.8. The third-order valence-corrected chi connectivity index (χ3v) is 4.07. The SMILES string of the molecule is C=O.CO.COc1ccc(C2=CCC(c3ccc(OC)cc3)C=C2)cc1. The van der Waals surface area contributed by atoms with Crippen molar-refractivity contribution < 1.29 is 19.4 Å². The molecule has 0 bridgehead atoms. The normalized spacial score (nSPS) is 14.8. The maximum Gasteiger partial charge on any atom is 0.118 e. The fourth-order valence-electron chi connectivity index (χ4n) is 2.72. The minimum absolute atomic E-state index is 0.438. The molecule has 1 aliphatic rings. The van der Waals surface area contributed by atoms with Gasteiger partial charge in [0.2, 0.25) is 0 Å². The summed E-state index contributed by atoms with van der Waals surface area (Å²) >= 11 is 0. The first-order valence-corrected chi connectivity index (χ1v) is 8.20. The minimum Gasteiger partial charge on any atom is -0.497 e. The number of aliphatic hydroxyl groups is 1. The van der Waals surface area contributed by atoms with E-state index in [1.54, 1.807) is 14.2 Å². The van der Waals surface area contributed by atoms with Crippen molar-refractivity contribution in [3.05, 3.63) is 77.9 Å². The van der Waals surface area contributed by atoms with E-state index in [1.165, 1.54) is 16.7 Å². The average Bonchev–Trinajstić information content (AvgIpc) is 2.77. The molecule has 4 nitrogen and oxygen atoms in total. The summed E-state index contributed by atoms with van der Waals surface area (Å²) in [5, 5.41) is 7.00. The molecule has 1 N–H and O–H groups in total. The Kier molecular flexibility index (Phi) is 9.50. The topological polar surface area (TPSA) is 55.8 Å². The van der Waals surface area contributed by atoms with Gasteiger partial charge in [-0.1, -0.05) is 42.5 Å². The summed E-state index contributed by atoms with van der Waals surface area (Å²) in [5.74, 6) is 2.23. The standard InChI is InChI=1S/C20H20O2.CH4O.CH2O/c1-21-19-11-7-17(8-12-19)15-3-5-16(6-4-15)18-9-13-20(22-2)14-10-18;2*1-2/h3-5,7-14,16H,6H2,1-2H3;2H,1H3;1H2. The van der Waals surface area contributed by atoms with E-state index in [4.69, 9.17) is 19.4 Å². The molecule has 0 aromatic heterocycles. The highest BCUT2D eigenvalue weighted by Gasteiger charge is 2.12. The molecule has 4 heteroatoms. The first kappa shape index (κ1) is 21.2. The predicted molar refractivity (Wildman–Crippen MR) is 106 cm³/mol. The van der Waals surface area contributed by atoms with Crippen LogP contribution in [0, 0.1) is 0 Å². The van der Waals surface area contributed by atoms with Crippen molar-refractivity contribution in [1.29, 1.82) is 0 Å². The van der Waals surface area contributed by atoms with Crippen LogP contribution in [0.15, 0.2) is 66.8 Å². The van der Waals surface area contributed by atoms with Gasteiger partial charge >= 0.3 is 0 Å². The zero-order chi connectivity index (χ0) is 19.4. The second kappa shape index (κ2) is 11.7. The van der Waals surface area contributed by atoms with Crippen LogP contribution >= 0.6 is 0 Å². The Balaban J connectivity index is 0.000000791. The van der Waals surface area contributed by atoms with Crippen LogP contribution in [0.1, 0.15) is 23.5 Å². The number of methoxy groups -OCH3 is 2. The number of ether oxygens (including phenoxy) is 2. The second-order valence-electron chi connectivity index (χ2n) is 5.36. The smallest absolute Gasteiger partial charge is 0.118 e. The number of benzene rings is 2. The molecule has 138 valence electrons. The maximum atomic E-state index is 8.00. The van der Waals surface area contributed by atoms with Crippen LogP contribution in [0.5, 0.6) is 11.5 Å². The molecule has 0 saturated heterocycles. The van der Waals surface area contributed by atoms with E-state index in [1.807, 2.05) is 31.1 Å². The Morgan fingerprint density at radius 2 is 1.38 bits per heavy atom. The molecule has 0 amide bonds. The Morgan fingerprint density at radius 1 is 0.885 bits per heavy atom. The van der Waals surface area contributed by atoms with Crippen LogP contribution in [-0.4, -0.2) is 33.2 Å². The van der Waals surface area contributed by atoms with E-state index < -0.39 is 0 Å². The molecular formula is C22H26O4. The van der Waals surface area contributed by atoms with Gasteiger partial charge in [0.1, 0.15) is 18.3 Å². The van der Waals surface area contributed by atoms with Crippen molar-refractivity contribution in [2.75, 3.05) is 21.3 Å². The third-order valence-electron chi connectivity index (χ3n) is 4.07. The molecule has 1 unspecified atom stereocenters. The fourth-order valence-corrected chi connectivity index (χ4v) is 2.72. The maximum absolute atomic E-state index is 8.00. The average molecular weight is 354 g/mol. The lowest BCUT2D eigenvalue weighted by molar-refractivity contribution is -0.0979. The van der Waals surface area contributed by atoms with Crippen LogP contribution in [0.25, 0.3) is 5.57 Å². The quantitative estimate of drug-likeness (QED) is 0.891. The molecule has 3 rings (SSSR count). The fraction of sp³-hybridized carbons (Fsp3) is 0.227. The number of rotatable bonds is 4. The van der Waals surface area contributed by atoms with Gasteiger partial charge in [-0.25, -0.2) is 0 Å². The Bertz CT molecular complexity index is 700. The van der Waals surface area contributed by atoms with Crippen molar-refractivity contribution in [3.8, 4) is 11.5 Å². The summed E-state index contributed by atoms with van der Waals surface area (Å²) in [6.45, 7) is 2.00. The molecule has 0 spiro atoms. The highest BCUT2D eigenvalue weighted by atomic mass is 16.5. The highest BCUT2D eigenvalue weighted by Crippen LogP contribution is 2.31. The van der Waals surface area contributed by atoms with Gasteiger partial charge in [-0.3, -0.25) is 0 Å². The number of hydrogen-bond donors (Lipinski definition) is 1. The van der Waals surface area contributed by atoms with Gasteiger partial charge in [0.05, 0.1) is 14.2 Å². The Labute approximate surface area is 155 Å². The van der Waals surface area contributed by atoms with Crippen molar-refractivity contribution in [2.24, 2.45) is 0 Å². The van der Waals surface area contributed by atoms with Gasteiger partial charge in [-0.05, 0) is 47.4 Å². The molecule has 0 radical (unpaired) electrons. The van der Waals surface area contributed by atoms with Gasteiger partial charge in [-0.2, -0.15) is 0 Å². The van der Waals surface area contributed by atoms with E-state index in [2.05, 4.69) is 42.5 Å². The Hall–Kier alpha value is -2.85. The molecule has 1 aliphatic carbocycles. The Morgan fingerprint density at radius 3 is 1.81 bits per heavy atom. The van der Waals surface area contributed by atoms with Gasteiger partial charge in [-0.15, -0.1) is 0 Å². The van der Waals surface area contributed by atoms with E-state index in [-0.39, 0.29) is 0 Å². The summed E-state index contributed by atoms with van der Waals surface area (Å²) < 4.78 is 10.4.